The molecule has 3 heteroatoms. The first-order valence-electron chi connectivity index (χ1n) is 5.74. The lowest BCUT2D eigenvalue weighted by atomic mass is 9.83. The molecule has 0 aliphatic heterocycles. The molecule has 0 aromatic carbocycles. The molecule has 1 N–H and O–H groups in total. The summed E-state index contributed by atoms with van der Waals surface area (Å²) in [6, 6.07) is 4.14. The Labute approximate surface area is 96.0 Å². The second-order valence-corrected chi connectivity index (χ2v) is 4.68. The van der Waals surface area contributed by atoms with Gasteiger partial charge in [-0.05, 0) is 49.5 Å². The Balaban J connectivity index is 2.08. The maximum absolute atomic E-state index is 5.81. The van der Waals surface area contributed by atoms with Crippen molar-refractivity contribution in [3.05, 3.63) is 23.1 Å². The second-order valence-electron chi connectivity index (χ2n) is 4.31. The van der Waals surface area contributed by atoms with Crippen LogP contribution in [0.25, 0.3) is 0 Å². The molecule has 1 aromatic heterocycles. The van der Waals surface area contributed by atoms with Gasteiger partial charge in [-0.2, -0.15) is 0 Å². The van der Waals surface area contributed by atoms with Crippen LogP contribution < -0.4 is 5.32 Å². The van der Waals surface area contributed by atoms with Crippen LogP contribution in [0.15, 0.2) is 16.5 Å². The minimum Gasteiger partial charge on any atom is -0.448 e. The van der Waals surface area contributed by atoms with Gasteiger partial charge in [0.25, 0.3) is 0 Å². The molecule has 0 radical (unpaired) electrons. The maximum atomic E-state index is 5.81. The summed E-state index contributed by atoms with van der Waals surface area (Å²) >= 11 is 5.81. The normalized spacial score (nSPS) is 20.4. The Hall–Kier alpha value is -0.470. The van der Waals surface area contributed by atoms with Crippen molar-refractivity contribution in [2.45, 2.75) is 38.1 Å². The fraction of sp³-hybridized carbons (Fsp3) is 0.667. The molecular formula is C12H18ClNO. The van der Waals surface area contributed by atoms with Gasteiger partial charge in [0, 0.05) is 0 Å². The number of nitrogens with one attached hydrogen (secondary N) is 1. The van der Waals surface area contributed by atoms with Gasteiger partial charge >= 0.3 is 0 Å². The van der Waals surface area contributed by atoms with Gasteiger partial charge in [0.1, 0.15) is 5.76 Å². The van der Waals surface area contributed by atoms with Crippen LogP contribution in [0.2, 0.25) is 5.22 Å². The van der Waals surface area contributed by atoms with Crippen LogP contribution in [0.4, 0.5) is 0 Å². The summed E-state index contributed by atoms with van der Waals surface area (Å²) in [6.45, 7) is 0. The van der Waals surface area contributed by atoms with Gasteiger partial charge in [0.2, 0.25) is 0 Å². The monoisotopic (exact) mass is 227 g/mol. The molecule has 2 nitrogen and oxygen atoms in total. The molecule has 1 heterocycles. The highest BCUT2D eigenvalue weighted by Gasteiger charge is 2.25. The first kappa shape index (κ1) is 11.0. The SMILES string of the molecule is CNC(c1ccc(Cl)o1)C1CCCCC1. The lowest BCUT2D eigenvalue weighted by molar-refractivity contribution is 0.254. The number of furan rings is 1. The van der Waals surface area contributed by atoms with Gasteiger partial charge in [-0.1, -0.05) is 19.3 Å². The molecular weight excluding hydrogens is 210 g/mol. The molecule has 2 rings (SSSR count). The Kier molecular flexibility index (Phi) is 3.71. The topological polar surface area (TPSA) is 25.2 Å². The largest absolute Gasteiger partial charge is 0.448 e. The Morgan fingerprint density at radius 3 is 2.60 bits per heavy atom. The average molecular weight is 228 g/mol. The van der Waals surface area contributed by atoms with Crippen LogP contribution in [0.3, 0.4) is 0 Å². The van der Waals surface area contributed by atoms with Gasteiger partial charge in [-0.15, -0.1) is 0 Å². The van der Waals surface area contributed by atoms with Crippen molar-refractivity contribution in [2.24, 2.45) is 5.92 Å². The Bertz CT molecular complexity index is 304. The lowest BCUT2D eigenvalue weighted by Gasteiger charge is -2.28. The summed E-state index contributed by atoms with van der Waals surface area (Å²) < 4.78 is 5.49. The van der Waals surface area contributed by atoms with Crippen LogP contribution in [0.5, 0.6) is 0 Å². The van der Waals surface area contributed by atoms with Crippen molar-refractivity contribution in [1.29, 1.82) is 0 Å². The van der Waals surface area contributed by atoms with Gasteiger partial charge in [-0.25, -0.2) is 0 Å². The fourth-order valence-electron chi connectivity index (χ4n) is 2.57. The molecule has 84 valence electrons. The zero-order valence-electron chi connectivity index (χ0n) is 9.13. The van der Waals surface area contributed by atoms with Crippen LogP contribution in [-0.4, -0.2) is 7.05 Å². The minimum atomic E-state index is 0.331. The predicted octanol–water partition coefficient (Wildman–Crippen LogP) is 3.77. The molecule has 1 aliphatic carbocycles. The minimum absolute atomic E-state index is 0.331. The first-order chi connectivity index (χ1) is 7.31. The summed E-state index contributed by atoms with van der Waals surface area (Å²) in [7, 11) is 2.00. The number of hydrogen-bond donors (Lipinski definition) is 1. The van der Waals surface area contributed by atoms with E-state index in [9.17, 15) is 0 Å². The molecule has 15 heavy (non-hydrogen) atoms. The number of hydrogen-bond acceptors (Lipinski definition) is 2. The highest BCUT2D eigenvalue weighted by Crippen LogP contribution is 2.35. The van der Waals surface area contributed by atoms with E-state index in [4.69, 9.17) is 16.0 Å². The van der Waals surface area contributed by atoms with Crippen molar-refractivity contribution in [2.75, 3.05) is 7.05 Å². The molecule has 0 saturated heterocycles. The number of rotatable bonds is 3. The van der Waals surface area contributed by atoms with E-state index in [-0.39, 0.29) is 0 Å². The van der Waals surface area contributed by atoms with Crippen LogP contribution >= 0.6 is 11.6 Å². The fourth-order valence-corrected chi connectivity index (χ4v) is 2.73. The van der Waals surface area contributed by atoms with E-state index in [1.807, 2.05) is 19.2 Å². The van der Waals surface area contributed by atoms with E-state index < -0.39 is 0 Å². The zero-order chi connectivity index (χ0) is 10.7. The Morgan fingerprint density at radius 1 is 1.33 bits per heavy atom. The van der Waals surface area contributed by atoms with Crippen molar-refractivity contribution in [3.8, 4) is 0 Å². The maximum Gasteiger partial charge on any atom is 0.193 e. The Morgan fingerprint density at radius 2 is 2.07 bits per heavy atom. The predicted molar refractivity (Wildman–Crippen MR) is 62.1 cm³/mol. The molecule has 1 unspecified atom stereocenters. The average Bonchev–Trinajstić information content (AvgIpc) is 2.68. The van der Waals surface area contributed by atoms with Gasteiger partial charge in [0.05, 0.1) is 6.04 Å². The van der Waals surface area contributed by atoms with E-state index in [0.29, 0.717) is 17.2 Å². The zero-order valence-corrected chi connectivity index (χ0v) is 9.89. The third kappa shape index (κ3) is 2.56. The standard InChI is InChI=1S/C12H18ClNO/c1-14-12(9-5-3-2-4-6-9)10-7-8-11(13)15-10/h7-9,12,14H,2-6H2,1H3. The molecule has 0 bridgehead atoms. The third-order valence-electron chi connectivity index (χ3n) is 3.33. The van der Waals surface area contributed by atoms with E-state index in [0.717, 1.165) is 5.76 Å². The van der Waals surface area contributed by atoms with E-state index in [1.165, 1.54) is 32.1 Å². The van der Waals surface area contributed by atoms with E-state index in [2.05, 4.69) is 5.32 Å². The molecule has 0 amide bonds. The van der Waals surface area contributed by atoms with Crippen molar-refractivity contribution < 1.29 is 4.42 Å². The number of halogens is 1. The van der Waals surface area contributed by atoms with Gasteiger partial charge < -0.3 is 9.73 Å². The highest BCUT2D eigenvalue weighted by molar-refractivity contribution is 6.28. The third-order valence-corrected chi connectivity index (χ3v) is 3.54. The summed E-state index contributed by atoms with van der Waals surface area (Å²) in [5.41, 5.74) is 0. The molecule has 1 aromatic rings. The molecule has 1 atom stereocenters. The first-order valence-corrected chi connectivity index (χ1v) is 6.11. The summed E-state index contributed by atoms with van der Waals surface area (Å²) in [5, 5.41) is 3.84. The summed E-state index contributed by atoms with van der Waals surface area (Å²) in [5.74, 6) is 1.68. The summed E-state index contributed by atoms with van der Waals surface area (Å²) in [6.07, 6.45) is 6.66. The van der Waals surface area contributed by atoms with Crippen LogP contribution in [0.1, 0.15) is 43.9 Å². The van der Waals surface area contributed by atoms with Crippen molar-refractivity contribution in [1.82, 2.24) is 5.32 Å². The van der Waals surface area contributed by atoms with Crippen molar-refractivity contribution in [3.63, 3.8) is 0 Å². The molecule has 1 fully saturated rings. The van der Waals surface area contributed by atoms with Gasteiger partial charge in [-0.3, -0.25) is 0 Å². The smallest absolute Gasteiger partial charge is 0.193 e. The van der Waals surface area contributed by atoms with E-state index >= 15 is 0 Å². The van der Waals surface area contributed by atoms with Gasteiger partial charge in [0.15, 0.2) is 5.22 Å². The second kappa shape index (κ2) is 5.04. The van der Waals surface area contributed by atoms with Crippen LogP contribution in [0, 0.1) is 5.92 Å². The highest BCUT2D eigenvalue weighted by atomic mass is 35.5. The van der Waals surface area contributed by atoms with Crippen LogP contribution in [-0.2, 0) is 0 Å². The lowest BCUT2D eigenvalue weighted by Crippen LogP contribution is -2.26. The molecule has 1 saturated carbocycles. The van der Waals surface area contributed by atoms with Crippen molar-refractivity contribution >= 4 is 11.6 Å². The molecule has 1 aliphatic rings. The quantitative estimate of drug-likeness (QED) is 0.851. The molecule has 0 spiro atoms. The van der Waals surface area contributed by atoms with E-state index in [1.54, 1.807) is 0 Å². The summed E-state index contributed by atoms with van der Waals surface area (Å²) in [4.78, 5) is 0.